The summed E-state index contributed by atoms with van der Waals surface area (Å²) < 4.78 is 5.44. The molecule has 0 aromatic heterocycles. The average molecular weight is 615 g/mol. The third-order valence-corrected chi connectivity index (χ3v) is 8.68. The van der Waals surface area contributed by atoms with Crippen molar-refractivity contribution in [3.05, 3.63) is 47.0 Å². The molecular formula is C31H39ClN4O7. The lowest BCUT2D eigenvalue weighted by molar-refractivity contribution is -0.145. The van der Waals surface area contributed by atoms with Crippen LogP contribution in [0.15, 0.2) is 41.6 Å². The zero-order valence-corrected chi connectivity index (χ0v) is 25.5. The highest BCUT2D eigenvalue weighted by Crippen LogP contribution is 2.46. The molecule has 3 heterocycles. The van der Waals surface area contributed by atoms with Crippen molar-refractivity contribution in [1.82, 2.24) is 15.5 Å². The van der Waals surface area contributed by atoms with Gasteiger partial charge in [-0.2, -0.15) is 0 Å². The van der Waals surface area contributed by atoms with Crippen LogP contribution in [0.1, 0.15) is 77.7 Å². The van der Waals surface area contributed by atoms with Crippen LogP contribution in [0.5, 0.6) is 0 Å². The highest BCUT2D eigenvalue weighted by atomic mass is 35.5. The Morgan fingerprint density at radius 2 is 2.00 bits per heavy atom. The minimum Gasteiger partial charge on any atom is -0.479 e. The number of nitrogens with zero attached hydrogens (tertiary/aromatic N) is 2. The van der Waals surface area contributed by atoms with E-state index in [0.717, 1.165) is 24.8 Å². The Morgan fingerprint density at radius 3 is 2.72 bits per heavy atom. The number of halogens is 1. The Bertz CT molecular complexity index is 1360. The molecule has 3 aliphatic heterocycles. The van der Waals surface area contributed by atoms with Crippen LogP contribution in [0.2, 0.25) is 5.02 Å². The second-order valence-electron chi connectivity index (χ2n) is 13.0. The van der Waals surface area contributed by atoms with E-state index in [-0.39, 0.29) is 25.3 Å². The number of carbonyl (C=O) groups is 4. The number of carboxylic acids is 1. The van der Waals surface area contributed by atoms with Crippen molar-refractivity contribution in [1.29, 1.82) is 0 Å². The van der Waals surface area contributed by atoms with Gasteiger partial charge in [-0.1, -0.05) is 53.9 Å². The Morgan fingerprint density at radius 1 is 1.21 bits per heavy atom. The van der Waals surface area contributed by atoms with E-state index >= 15 is 0 Å². The topological polar surface area (TPSA) is 147 Å². The molecule has 43 heavy (non-hydrogen) atoms. The fourth-order valence-electron chi connectivity index (χ4n) is 6.17. The second-order valence-corrected chi connectivity index (χ2v) is 13.5. The molecular weight excluding hydrogens is 576 g/mol. The van der Waals surface area contributed by atoms with Crippen molar-refractivity contribution in [2.45, 2.75) is 101 Å². The number of hydrogen-bond acceptors (Lipinski definition) is 7. The van der Waals surface area contributed by atoms with Gasteiger partial charge in [0.2, 0.25) is 11.8 Å². The summed E-state index contributed by atoms with van der Waals surface area (Å²) in [7, 11) is 0. The number of benzene rings is 1. The number of rotatable bonds is 3. The van der Waals surface area contributed by atoms with Crippen LogP contribution < -0.4 is 10.6 Å². The number of aliphatic carboxylic acids is 1. The number of ether oxygens (including phenoxy) is 1. The van der Waals surface area contributed by atoms with E-state index in [9.17, 15) is 24.3 Å². The van der Waals surface area contributed by atoms with Gasteiger partial charge in [0.1, 0.15) is 23.2 Å². The molecule has 232 valence electrons. The normalized spacial score (nSPS) is 31.1. The maximum atomic E-state index is 14.2. The summed E-state index contributed by atoms with van der Waals surface area (Å²) in [5.74, 6) is -2.47. The number of carboxylic acid groups (broad SMARTS) is 1. The highest BCUT2D eigenvalue weighted by Gasteiger charge is 2.62. The van der Waals surface area contributed by atoms with Gasteiger partial charge in [0.25, 0.3) is 0 Å². The Balaban J connectivity index is 1.44. The van der Waals surface area contributed by atoms with Gasteiger partial charge < -0.3 is 30.2 Å². The molecule has 5 atom stereocenters. The lowest BCUT2D eigenvalue weighted by Crippen LogP contribution is -2.56. The molecule has 3 amide bonds. The zero-order chi connectivity index (χ0) is 31.0. The van der Waals surface area contributed by atoms with Crippen molar-refractivity contribution in [3.8, 4) is 0 Å². The van der Waals surface area contributed by atoms with Crippen LogP contribution in [0.25, 0.3) is 0 Å². The molecule has 12 heteroatoms. The Kier molecular flexibility index (Phi) is 8.48. The number of oxime groups is 1. The molecule has 1 aromatic rings. The van der Waals surface area contributed by atoms with E-state index in [2.05, 4.69) is 15.8 Å². The lowest BCUT2D eigenvalue weighted by atomic mass is 9.91. The number of hydrogen-bond donors (Lipinski definition) is 3. The third-order valence-electron chi connectivity index (χ3n) is 8.45. The first-order chi connectivity index (χ1) is 20.3. The molecule has 1 saturated heterocycles. The number of allylic oxidation sites excluding steroid dienone is 1. The molecule has 0 radical (unpaired) electrons. The number of fused-ring (bicyclic) bond motifs is 2. The largest absolute Gasteiger partial charge is 0.479 e. The molecule has 5 rings (SSSR count). The third kappa shape index (κ3) is 6.82. The first-order valence-corrected chi connectivity index (χ1v) is 15.2. The van der Waals surface area contributed by atoms with Crippen molar-refractivity contribution >= 4 is 41.2 Å². The number of amides is 3. The summed E-state index contributed by atoms with van der Waals surface area (Å²) in [6, 6.07) is 5.21. The number of alkyl carbamates (subject to hydrolysis) is 1. The van der Waals surface area contributed by atoms with E-state index in [0.29, 0.717) is 30.0 Å². The summed E-state index contributed by atoms with van der Waals surface area (Å²) in [6.07, 6.45) is 7.22. The van der Waals surface area contributed by atoms with E-state index < -0.39 is 52.7 Å². The molecule has 1 saturated carbocycles. The molecule has 11 nitrogen and oxygen atoms in total. The minimum atomic E-state index is -1.43. The van der Waals surface area contributed by atoms with Crippen LogP contribution in [0, 0.1) is 5.92 Å². The SMILES string of the molecule is CC(C)(C)OC(=O)N[C@H]1CCCCCC=C[C@@H]2C[C@@]2(C(=O)O)NC(=O)[C@@H]2C[C@]3(CC(c4cccc(Cl)c4)=NO3)CN2C1=O. The standard InChI is InChI=1S/C31H39ClN4O7/c1-29(2,3)42-28(41)33-22-13-8-6-4-5-7-11-20-15-31(20,27(39)40)34-25(37)24-17-30(18-36(24)26(22)38)16-23(35-43-30)19-10-9-12-21(32)14-19/h7,9-12,14,20,22,24H,4-6,8,13,15-18H2,1-3H3,(H,33,41)(H,34,37)(H,39,40)/t20-,22+,24+,30-,31-/m1/s1. The van der Waals surface area contributed by atoms with Gasteiger partial charge >= 0.3 is 12.1 Å². The maximum absolute atomic E-state index is 14.2. The van der Waals surface area contributed by atoms with E-state index in [1.54, 1.807) is 39.0 Å². The quantitative estimate of drug-likeness (QED) is 0.433. The van der Waals surface area contributed by atoms with Crippen LogP contribution in [0.4, 0.5) is 4.79 Å². The number of carbonyl (C=O) groups excluding carboxylic acids is 3. The Labute approximate surface area is 256 Å². The summed E-state index contributed by atoms with van der Waals surface area (Å²) in [5, 5.41) is 20.4. The van der Waals surface area contributed by atoms with Crippen molar-refractivity contribution < 1.29 is 33.9 Å². The predicted octanol–water partition coefficient (Wildman–Crippen LogP) is 4.18. The van der Waals surface area contributed by atoms with Gasteiger partial charge in [-0.3, -0.25) is 9.59 Å². The van der Waals surface area contributed by atoms with Crippen LogP contribution in [0.3, 0.4) is 0 Å². The molecule has 3 N–H and O–H groups in total. The molecule has 1 spiro atoms. The molecule has 0 unspecified atom stereocenters. The van der Waals surface area contributed by atoms with Crippen molar-refractivity contribution in [2.24, 2.45) is 11.1 Å². The monoisotopic (exact) mass is 614 g/mol. The molecule has 0 bridgehead atoms. The molecule has 1 aromatic carbocycles. The second kappa shape index (κ2) is 11.8. The van der Waals surface area contributed by atoms with Crippen molar-refractivity contribution in [2.75, 3.05) is 6.54 Å². The predicted molar refractivity (Wildman–Crippen MR) is 159 cm³/mol. The molecule has 2 fully saturated rings. The van der Waals surface area contributed by atoms with Crippen LogP contribution in [-0.4, -0.2) is 75.0 Å². The fourth-order valence-corrected chi connectivity index (χ4v) is 6.36. The number of nitrogens with one attached hydrogen (secondary N) is 2. The van der Waals surface area contributed by atoms with Crippen LogP contribution >= 0.6 is 11.6 Å². The van der Waals surface area contributed by atoms with Gasteiger partial charge in [0.05, 0.1) is 12.3 Å². The summed E-state index contributed by atoms with van der Waals surface area (Å²) in [4.78, 5) is 60.6. The van der Waals surface area contributed by atoms with Gasteiger partial charge in [0, 0.05) is 29.3 Å². The smallest absolute Gasteiger partial charge is 0.408 e. The van der Waals surface area contributed by atoms with Gasteiger partial charge in [-0.15, -0.1) is 0 Å². The van der Waals surface area contributed by atoms with Gasteiger partial charge in [-0.25, -0.2) is 9.59 Å². The zero-order valence-electron chi connectivity index (χ0n) is 24.7. The van der Waals surface area contributed by atoms with Crippen molar-refractivity contribution in [3.63, 3.8) is 0 Å². The van der Waals surface area contributed by atoms with Crippen LogP contribution in [-0.2, 0) is 24.0 Å². The maximum Gasteiger partial charge on any atom is 0.408 e. The first kappa shape index (κ1) is 30.8. The van der Waals surface area contributed by atoms with E-state index in [1.165, 1.54) is 4.90 Å². The van der Waals surface area contributed by atoms with Gasteiger partial charge in [-0.05, 0) is 58.6 Å². The summed E-state index contributed by atoms with van der Waals surface area (Å²) >= 11 is 6.19. The molecule has 4 aliphatic rings. The van der Waals surface area contributed by atoms with E-state index in [4.69, 9.17) is 21.2 Å². The Hall–Kier alpha value is -3.60. The fraction of sp³-hybridized carbons (Fsp3) is 0.581. The van der Waals surface area contributed by atoms with E-state index in [1.807, 2.05) is 18.2 Å². The first-order valence-electron chi connectivity index (χ1n) is 14.8. The van der Waals surface area contributed by atoms with Gasteiger partial charge in [0.15, 0.2) is 5.60 Å². The average Bonchev–Trinajstić information content (AvgIpc) is 3.27. The lowest BCUT2D eigenvalue weighted by Gasteiger charge is -2.30. The minimum absolute atomic E-state index is 0.0351. The summed E-state index contributed by atoms with van der Waals surface area (Å²) in [5.41, 5.74) is -1.79. The highest BCUT2D eigenvalue weighted by molar-refractivity contribution is 6.31. The summed E-state index contributed by atoms with van der Waals surface area (Å²) in [6.45, 7) is 5.25. The molecule has 1 aliphatic carbocycles.